The molecule has 4 rings (SSSR count). The van der Waals surface area contributed by atoms with Crippen LogP contribution in [0.15, 0.2) is 71.1 Å². The van der Waals surface area contributed by atoms with E-state index in [2.05, 4.69) is 5.32 Å². The van der Waals surface area contributed by atoms with Gasteiger partial charge in [0, 0.05) is 34.0 Å². The van der Waals surface area contributed by atoms with E-state index in [0.717, 1.165) is 16.8 Å². The van der Waals surface area contributed by atoms with Crippen LogP contribution >= 0.6 is 11.6 Å². The largest absolute Gasteiger partial charge is 0.496 e. The fourth-order valence-corrected chi connectivity index (χ4v) is 4.83. The molecule has 0 bridgehead atoms. The van der Waals surface area contributed by atoms with Gasteiger partial charge in [0.05, 0.1) is 25.2 Å². The SMILES string of the molecule is CCOC(=O)C1=C(C)NC2=C(C(=O)CC(c3ccc(Cl)cc3)C2)C1c1ccccc1OC. The molecule has 6 heteroatoms. The molecule has 1 N–H and O–H groups in total. The minimum atomic E-state index is -0.542. The Kier molecular flexibility index (Phi) is 6.38. The molecular weight excluding hydrogens is 426 g/mol. The van der Waals surface area contributed by atoms with Gasteiger partial charge < -0.3 is 14.8 Å². The van der Waals surface area contributed by atoms with Crippen molar-refractivity contribution in [2.75, 3.05) is 13.7 Å². The van der Waals surface area contributed by atoms with E-state index in [1.807, 2.05) is 55.5 Å². The lowest BCUT2D eigenvalue weighted by Crippen LogP contribution is -2.36. The molecule has 0 spiro atoms. The third kappa shape index (κ3) is 4.05. The third-order valence-corrected chi connectivity index (χ3v) is 6.37. The molecule has 1 aliphatic heterocycles. The highest BCUT2D eigenvalue weighted by Gasteiger charge is 2.42. The van der Waals surface area contributed by atoms with E-state index in [9.17, 15) is 9.59 Å². The van der Waals surface area contributed by atoms with Gasteiger partial charge in [0.15, 0.2) is 5.78 Å². The van der Waals surface area contributed by atoms with Gasteiger partial charge in [0.1, 0.15) is 5.75 Å². The van der Waals surface area contributed by atoms with Crippen molar-refractivity contribution in [2.45, 2.75) is 38.5 Å². The van der Waals surface area contributed by atoms with E-state index in [0.29, 0.717) is 40.5 Å². The lowest BCUT2D eigenvalue weighted by molar-refractivity contribution is -0.138. The monoisotopic (exact) mass is 451 g/mol. The summed E-state index contributed by atoms with van der Waals surface area (Å²) in [6.07, 6.45) is 1.03. The van der Waals surface area contributed by atoms with Crippen LogP contribution < -0.4 is 10.1 Å². The molecule has 0 radical (unpaired) electrons. The van der Waals surface area contributed by atoms with Gasteiger partial charge >= 0.3 is 5.97 Å². The van der Waals surface area contributed by atoms with Crippen LogP contribution in [0.25, 0.3) is 0 Å². The summed E-state index contributed by atoms with van der Waals surface area (Å²) in [5.41, 5.74) is 4.47. The lowest BCUT2D eigenvalue weighted by Gasteiger charge is -2.37. The Balaban J connectivity index is 1.82. The van der Waals surface area contributed by atoms with Crippen molar-refractivity contribution in [1.29, 1.82) is 0 Å². The molecule has 32 heavy (non-hydrogen) atoms. The van der Waals surface area contributed by atoms with Crippen molar-refractivity contribution in [2.24, 2.45) is 0 Å². The molecule has 2 aromatic carbocycles. The Morgan fingerprint density at radius 3 is 2.53 bits per heavy atom. The second-order valence-corrected chi connectivity index (χ2v) is 8.47. The van der Waals surface area contributed by atoms with Gasteiger partial charge in [-0.15, -0.1) is 0 Å². The number of para-hydroxylation sites is 1. The number of methoxy groups -OCH3 is 1. The average Bonchev–Trinajstić information content (AvgIpc) is 2.78. The average molecular weight is 452 g/mol. The zero-order valence-corrected chi connectivity index (χ0v) is 19.2. The number of dihydropyridines is 1. The zero-order chi connectivity index (χ0) is 22.8. The maximum Gasteiger partial charge on any atom is 0.336 e. The molecule has 0 saturated heterocycles. The summed E-state index contributed by atoms with van der Waals surface area (Å²) in [7, 11) is 1.59. The van der Waals surface area contributed by atoms with Gasteiger partial charge in [-0.25, -0.2) is 4.79 Å². The number of nitrogens with one attached hydrogen (secondary N) is 1. The van der Waals surface area contributed by atoms with Crippen LogP contribution in [0.4, 0.5) is 0 Å². The van der Waals surface area contributed by atoms with E-state index >= 15 is 0 Å². The van der Waals surface area contributed by atoms with Crippen molar-refractivity contribution in [3.63, 3.8) is 0 Å². The number of carbonyl (C=O) groups is 2. The number of Topliss-reactive ketones (excluding diaryl/α,β-unsaturated/α-hetero) is 1. The van der Waals surface area contributed by atoms with Gasteiger partial charge in [0.25, 0.3) is 0 Å². The Bertz CT molecular complexity index is 1120. The number of halogens is 1. The summed E-state index contributed by atoms with van der Waals surface area (Å²) in [4.78, 5) is 26.5. The third-order valence-electron chi connectivity index (χ3n) is 6.11. The van der Waals surface area contributed by atoms with Crippen LogP contribution in [0.5, 0.6) is 5.75 Å². The first kappa shape index (κ1) is 22.2. The second-order valence-electron chi connectivity index (χ2n) is 8.03. The van der Waals surface area contributed by atoms with E-state index in [-0.39, 0.29) is 18.3 Å². The minimum absolute atomic E-state index is 0.0175. The standard InChI is InChI=1S/C26H26ClNO4/c1-4-32-26(30)23-15(2)28-20-13-17(16-9-11-18(27)12-10-16)14-21(29)25(20)24(23)19-7-5-6-8-22(19)31-3/h5-12,17,24,28H,4,13-14H2,1-3H3. The minimum Gasteiger partial charge on any atom is -0.496 e. The first-order valence-electron chi connectivity index (χ1n) is 10.7. The highest BCUT2D eigenvalue weighted by atomic mass is 35.5. The van der Waals surface area contributed by atoms with Crippen molar-refractivity contribution in [3.05, 3.63) is 87.2 Å². The number of allylic oxidation sites excluding steroid dienone is 3. The second kappa shape index (κ2) is 9.21. The summed E-state index contributed by atoms with van der Waals surface area (Å²) in [5, 5.41) is 4.02. The smallest absolute Gasteiger partial charge is 0.336 e. The number of carbonyl (C=O) groups excluding carboxylic acids is 2. The fourth-order valence-electron chi connectivity index (χ4n) is 4.71. The molecule has 1 aliphatic carbocycles. The summed E-state index contributed by atoms with van der Waals surface area (Å²) >= 11 is 6.05. The van der Waals surface area contributed by atoms with Crippen LogP contribution in [0, 0.1) is 0 Å². The number of hydrogen-bond acceptors (Lipinski definition) is 5. The normalized spacial score (nSPS) is 20.6. The van der Waals surface area contributed by atoms with E-state index in [4.69, 9.17) is 21.1 Å². The Morgan fingerprint density at radius 1 is 1.12 bits per heavy atom. The van der Waals surface area contributed by atoms with Crippen LogP contribution in [0.2, 0.25) is 5.02 Å². The van der Waals surface area contributed by atoms with Crippen molar-refractivity contribution < 1.29 is 19.1 Å². The number of ketones is 1. The van der Waals surface area contributed by atoms with Gasteiger partial charge in [-0.3, -0.25) is 4.79 Å². The predicted molar refractivity (Wildman–Crippen MR) is 124 cm³/mol. The molecule has 2 unspecified atom stereocenters. The maximum absolute atomic E-state index is 13.6. The van der Waals surface area contributed by atoms with E-state index in [1.165, 1.54) is 0 Å². The topological polar surface area (TPSA) is 64.6 Å². The summed E-state index contributed by atoms with van der Waals surface area (Å²) < 4.78 is 11.0. The van der Waals surface area contributed by atoms with Crippen molar-refractivity contribution in [3.8, 4) is 5.75 Å². The summed E-state index contributed by atoms with van der Waals surface area (Å²) in [6.45, 7) is 3.89. The molecule has 5 nitrogen and oxygen atoms in total. The number of benzene rings is 2. The van der Waals surface area contributed by atoms with Crippen molar-refractivity contribution >= 4 is 23.4 Å². The molecule has 0 amide bonds. The summed E-state index contributed by atoms with van der Waals surface area (Å²) in [6, 6.07) is 15.2. The molecular formula is C26H26ClNO4. The Labute approximate surface area is 193 Å². The quantitative estimate of drug-likeness (QED) is 0.627. The first-order chi connectivity index (χ1) is 15.4. The van der Waals surface area contributed by atoms with Crippen LogP contribution in [0.3, 0.4) is 0 Å². The van der Waals surface area contributed by atoms with Crippen LogP contribution in [-0.4, -0.2) is 25.5 Å². The molecule has 1 heterocycles. The lowest BCUT2D eigenvalue weighted by atomic mass is 9.71. The Hall–Kier alpha value is -3.05. The van der Waals surface area contributed by atoms with Gasteiger partial charge in [-0.05, 0) is 49.9 Å². The molecule has 0 fully saturated rings. The first-order valence-corrected chi connectivity index (χ1v) is 11.1. The van der Waals surface area contributed by atoms with E-state index < -0.39 is 11.9 Å². The van der Waals surface area contributed by atoms with Gasteiger partial charge in [-0.2, -0.15) is 0 Å². The highest BCUT2D eigenvalue weighted by molar-refractivity contribution is 6.30. The van der Waals surface area contributed by atoms with Crippen LogP contribution in [-0.2, 0) is 14.3 Å². The number of rotatable bonds is 5. The summed E-state index contributed by atoms with van der Waals surface area (Å²) in [5.74, 6) is -0.272. The predicted octanol–water partition coefficient (Wildman–Crippen LogP) is 5.27. The molecule has 2 aliphatic rings. The van der Waals surface area contributed by atoms with E-state index in [1.54, 1.807) is 14.0 Å². The van der Waals surface area contributed by atoms with Gasteiger partial charge in [0.2, 0.25) is 0 Å². The number of hydrogen-bond donors (Lipinski definition) is 1. The zero-order valence-electron chi connectivity index (χ0n) is 18.4. The van der Waals surface area contributed by atoms with Crippen molar-refractivity contribution in [1.82, 2.24) is 5.32 Å². The molecule has 2 aromatic rings. The number of esters is 1. The molecule has 0 saturated carbocycles. The Morgan fingerprint density at radius 2 is 1.84 bits per heavy atom. The molecule has 2 atom stereocenters. The maximum atomic E-state index is 13.6. The molecule has 0 aromatic heterocycles. The highest BCUT2D eigenvalue weighted by Crippen LogP contribution is 2.47. The van der Waals surface area contributed by atoms with Crippen LogP contribution in [0.1, 0.15) is 49.7 Å². The molecule has 166 valence electrons. The number of ether oxygens (including phenoxy) is 2. The van der Waals surface area contributed by atoms with Gasteiger partial charge in [-0.1, -0.05) is 41.9 Å². The fraction of sp³-hybridized carbons (Fsp3) is 0.308.